The Labute approximate surface area is 138 Å². The van der Waals surface area contributed by atoms with E-state index in [2.05, 4.69) is 4.98 Å². The van der Waals surface area contributed by atoms with Crippen molar-refractivity contribution >= 4 is 23.7 Å². The summed E-state index contributed by atoms with van der Waals surface area (Å²) in [7, 11) is 1.27. The molecule has 1 aromatic heterocycles. The summed E-state index contributed by atoms with van der Waals surface area (Å²) in [4.78, 5) is 54.3. The summed E-state index contributed by atoms with van der Waals surface area (Å²) in [5.41, 5.74) is 1.51. The number of imide groups is 1. The lowest BCUT2D eigenvalue weighted by atomic mass is 10.1. The first-order chi connectivity index (χ1) is 11.4. The van der Waals surface area contributed by atoms with E-state index in [0.29, 0.717) is 29.8 Å². The topological polar surface area (TPSA) is 99.8 Å². The molecular weight excluding hydrogens is 314 g/mol. The molecular formula is C16H19N3O5. The lowest BCUT2D eigenvalue weighted by Crippen LogP contribution is -2.37. The second kappa shape index (κ2) is 5.77. The van der Waals surface area contributed by atoms with Gasteiger partial charge in [-0.05, 0) is 32.3 Å². The Morgan fingerprint density at radius 2 is 2.00 bits per heavy atom. The van der Waals surface area contributed by atoms with Gasteiger partial charge in [-0.2, -0.15) is 0 Å². The standard InChI is InChI=1S/C16H19N3O5/c1-8-12(15(22)24-3)9(2)17-13(8)11(20)7-19-14(21)10-5-4-6-18(10)16(19)23/h10,17H,4-7H2,1-3H3/t10-/m0/s1. The molecule has 3 amide bonds. The number of hydrogen-bond acceptors (Lipinski definition) is 5. The number of aryl methyl sites for hydroxylation is 1. The van der Waals surface area contributed by atoms with Crippen LogP contribution in [0, 0.1) is 13.8 Å². The van der Waals surface area contributed by atoms with Crippen LogP contribution in [0.1, 0.15) is 44.9 Å². The largest absolute Gasteiger partial charge is 0.465 e. The van der Waals surface area contributed by atoms with Crippen LogP contribution in [-0.4, -0.2) is 64.7 Å². The Morgan fingerprint density at radius 3 is 2.62 bits per heavy atom. The number of carbonyl (C=O) groups excluding carboxylic acids is 4. The molecule has 2 fully saturated rings. The number of aromatic amines is 1. The molecule has 3 rings (SSSR count). The Bertz CT molecular complexity index is 729. The Kier molecular flexibility index (Phi) is 3.90. The average molecular weight is 333 g/mol. The number of ether oxygens (including phenoxy) is 1. The third-order valence-electron chi connectivity index (χ3n) is 4.69. The van der Waals surface area contributed by atoms with Gasteiger partial charge in [-0.25, -0.2) is 9.59 Å². The highest BCUT2D eigenvalue weighted by Gasteiger charge is 2.47. The minimum Gasteiger partial charge on any atom is -0.465 e. The molecule has 2 aliphatic heterocycles. The minimum atomic E-state index is -0.533. The summed E-state index contributed by atoms with van der Waals surface area (Å²) in [6.07, 6.45) is 1.45. The molecule has 0 radical (unpaired) electrons. The van der Waals surface area contributed by atoms with Crippen LogP contribution in [-0.2, 0) is 9.53 Å². The van der Waals surface area contributed by atoms with E-state index in [1.807, 2.05) is 0 Å². The molecule has 3 heterocycles. The maximum absolute atomic E-state index is 12.6. The number of nitrogens with one attached hydrogen (secondary N) is 1. The number of carbonyl (C=O) groups is 4. The van der Waals surface area contributed by atoms with Crippen LogP contribution < -0.4 is 0 Å². The number of methoxy groups -OCH3 is 1. The monoisotopic (exact) mass is 333 g/mol. The lowest BCUT2D eigenvalue weighted by molar-refractivity contribution is -0.127. The zero-order valence-electron chi connectivity index (χ0n) is 13.8. The van der Waals surface area contributed by atoms with Crippen molar-refractivity contribution in [1.29, 1.82) is 0 Å². The van der Waals surface area contributed by atoms with E-state index in [9.17, 15) is 19.2 Å². The fourth-order valence-electron chi connectivity index (χ4n) is 3.49. The second-order valence-electron chi connectivity index (χ2n) is 6.10. The van der Waals surface area contributed by atoms with Gasteiger partial charge >= 0.3 is 12.0 Å². The zero-order valence-corrected chi connectivity index (χ0v) is 13.8. The smallest absolute Gasteiger partial charge is 0.339 e. The number of nitrogens with zero attached hydrogens (tertiary/aromatic N) is 2. The predicted octanol–water partition coefficient (Wildman–Crippen LogP) is 1.03. The SMILES string of the molecule is COC(=O)c1c(C)[nH]c(C(=O)CN2C(=O)[C@@H]3CCCN3C2=O)c1C. The molecule has 1 N–H and O–H groups in total. The van der Waals surface area contributed by atoms with Gasteiger partial charge in [-0.3, -0.25) is 14.5 Å². The van der Waals surface area contributed by atoms with Crippen LogP contribution in [0.25, 0.3) is 0 Å². The molecule has 2 saturated heterocycles. The molecule has 24 heavy (non-hydrogen) atoms. The Morgan fingerprint density at radius 1 is 1.29 bits per heavy atom. The van der Waals surface area contributed by atoms with Crippen molar-refractivity contribution in [3.8, 4) is 0 Å². The first-order valence-electron chi connectivity index (χ1n) is 7.79. The van der Waals surface area contributed by atoms with E-state index >= 15 is 0 Å². The molecule has 0 bridgehead atoms. The first-order valence-corrected chi connectivity index (χ1v) is 7.79. The number of urea groups is 1. The van der Waals surface area contributed by atoms with Crippen LogP contribution in [0.15, 0.2) is 0 Å². The van der Waals surface area contributed by atoms with Gasteiger partial charge in [-0.15, -0.1) is 0 Å². The highest BCUT2D eigenvalue weighted by Crippen LogP contribution is 2.28. The van der Waals surface area contributed by atoms with Gasteiger partial charge in [0.2, 0.25) is 0 Å². The summed E-state index contributed by atoms with van der Waals surface area (Å²) in [5.74, 6) is -1.26. The number of esters is 1. The van der Waals surface area contributed by atoms with E-state index in [4.69, 9.17) is 4.74 Å². The summed E-state index contributed by atoms with van der Waals surface area (Å²) < 4.78 is 4.71. The molecule has 128 valence electrons. The van der Waals surface area contributed by atoms with Crippen LogP contribution in [0.3, 0.4) is 0 Å². The van der Waals surface area contributed by atoms with E-state index in [0.717, 1.165) is 11.3 Å². The molecule has 1 atom stereocenters. The minimum absolute atomic E-state index is 0.223. The van der Waals surface area contributed by atoms with Gasteiger partial charge in [0.1, 0.15) is 6.04 Å². The number of H-pyrrole nitrogens is 1. The van der Waals surface area contributed by atoms with Gasteiger partial charge in [0.15, 0.2) is 5.78 Å². The average Bonchev–Trinajstić information content (AvgIpc) is 3.20. The van der Waals surface area contributed by atoms with Gasteiger partial charge in [0, 0.05) is 12.2 Å². The molecule has 8 nitrogen and oxygen atoms in total. The zero-order chi connectivity index (χ0) is 17.6. The molecule has 0 aliphatic carbocycles. The van der Waals surface area contributed by atoms with Crippen molar-refractivity contribution < 1.29 is 23.9 Å². The Hall–Kier alpha value is -2.64. The van der Waals surface area contributed by atoms with Crippen LogP contribution in [0.5, 0.6) is 0 Å². The third-order valence-corrected chi connectivity index (χ3v) is 4.69. The van der Waals surface area contributed by atoms with E-state index < -0.39 is 23.8 Å². The van der Waals surface area contributed by atoms with Crippen LogP contribution >= 0.6 is 0 Å². The second-order valence-corrected chi connectivity index (χ2v) is 6.10. The number of aromatic nitrogens is 1. The van der Waals surface area contributed by atoms with Crippen molar-refractivity contribution in [2.75, 3.05) is 20.2 Å². The highest BCUT2D eigenvalue weighted by molar-refractivity contribution is 6.10. The maximum Gasteiger partial charge on any atom is 0.339 e. The van der Waals surface area contributed by atoms with Crippen molar-refractivity contribution in [2.24, 2.45) is 0 Å². The summed E-state index contributed by atoms with van der Waals surface area (Å²) >= 11 is 0. The molecule has 0 aromatic carbocycles. The Balaban J connectivity index is 1.82. The number of rotatable bonds is 4. The molecule has 0 saturated carbocycles. The number of Topliss-reactive ketones (excluding diaryl/α,β-unsaturated/α-hetero) is 1. The quantitative estimate of drug-likeness (QED) is 0.504. The molecule has 2 aliphatic rings. The maximum atomic E-state index is 12.6. The molecule has 8 heteroatoms. The first kappa shape index (κ1) is 16.2. The van der Waals surface area contributed by atoms with E-state index in [-0.39, 0.29) is 18.1 Å². The fourth-order valence-corrected chi connectivity index (χ4v) is 3.49. The molecule has 0 spiro atoms. The van der Waals surface area contributed by atoms with E-state index in [1.54, 1.807) is 13.8 Å². The highest BCUT2D eigenvalue weighted by atomic mass is 16.5. The van der Waals surface area contributed by atoms with Gasteiger partial charge in [0.25, 0.3) is 5.91 Å². The predicted molar refractivity (Wildman–Crippen MR) is 82.8 cm³/mol. The molecule has 0 unspecified atom stereocenters. The third kappa shape index (κ3) is 2.29. The van der Waals surface area contributed by atoms with Crippen LogP contribution in [0.4, 0.5) is 4.79 Å². The van der Waals surface area contributed by atoms with Crippen molar-refractivity contribution in [3.05, 3.63) is 22.5 Å². The van der Waals surface area contributed by atoms with Gasteiger partial charge < -0.3 is 14.6 Å². The number of hydrogen-bond donors (Lipinski definition) is 1. The summed E-state index contributed by atoms with van der Waals surface area (Å²) in [6, 6.07) is -0.840. The fraction of sp³-hybridized carbons (Fsp3) is 0.500. The van der Waals surface area contributed by atoms with E-state index in [1.165, 1.54) is 12.0 Å². The number of fused-ring (bicyclic) bond motifs is 1. The van der Waals surface area contributed by atoms with Crippen molar-refractivity contribution in [3.63, 3.8) is 0 Å². The van der Waals surface area contributed by atoms with Crippen LogP contribution in [0.2, 0.25) is 0 Å². The number of amides is 3. The number of ketones is 1. The van der Waals surface area contributed by atoms with Crippen molar-refractivity contribution in [2.45, 2.75) is 32.7 Å². The van der Waals surface area contributed by atoms with Gasteiger partial charge in [-0.1, -0.05) is 0 Å². The summed E-state index contributed by atoms with van der Waals surface area (Å²) in [5, 5.41) is 0. The molecule has 1 aromatic rings. The normalized spacial score (nSPS) is 19.9. The van der Waals surface area contributed by atoms with Gasteiger partial charge in [0.05, 0.1) is 24.9 Å². The summed E-state index contributed by atoms with van der Waals surface area (Å²) in [6.45, 7) is 3.52. The lowest BCUT2D eigenvalue weighted by Gasteiger charge is -2.14. The van der Waals surface area contributed by atoms with Crippen molar-refractivity contribution in [1.82, 2.24) is 14.8 Å².